The molecular weight excluding hydrogens is 132 g/mol. The van der Waals surface area contributed by atoms with E-state index in [0.29, 0.717) is 0 Å². The zero-order valence-corrected chi connectivity index (χ0v) is 5.72. The maximum absolute atomic E-state index is 10.0. The van der Waals surface area contributed by atoms with E-state index in [1.165, 1.54) is 0 Å². The Morgan fingerprint density at radius 2 is 2.50 bits per heavy atom. The Hall–Kier alpha value is -0.770. The van der Waals surface area contributed by atoms with E-state index in [0.717, 1.165) is 25.9 Å². The monoisotopic (exact) mass is 143 g/mol. The molecule has 1 aliphatic rings. The van der Waals surface area contributed by atoms with Crippen LogP contribution in [0.3, 0.4) is 0 Å². The fourth-order valence-electron chi connectivity index (χ4n) is 1.14. The van der Waals surface area contributed by atoms with Crippen LogP contribution in [0.1, 0.15) is 12.8 Å². The number of hydrogen-bond donors (Lipinski definition) is 2. The molecule has 1 amide bonds. The lowest BCUT2D eigenvalue weighted by Crippen LogP contribution is -2.49. The zero-order chi connectivity index (χ0) is 7.40. The second-order valence-corrected chi connectivity index (χ2v) is 2.48. The lowest BCUT2D eigenvalue weighted by molar-refractivity contribution is -0.251. The lowest BCUT2D eigenvalue weighted by Gasteiger charge is -2.24. The van der Waals surface area contributed by atoms with E-state index in [9.17, 15) is 9.90 Å². The fourth-order valence-corrected chi connectivity index (χ4v) is 1.14. The van der Waals surface area contributed by atoms with Gasteiger partial charge in [0.1, 0.15) is 6.09 Å². The Kier molecular flexibility index (Phi) is 2.50. The molecule has 58 valence electrons. The maximum atomic E-state index is 10.0. The van der Waals surface area contributed by atoms with E-state index < -0.39 is 6.09 Å². The second-order valence-electron chi connectivity index (χ2n) is 2.48. The van der Waals surface area contributed by atoms with Crippen molar-refractivity contribution >= 4 is 6.09 Å². The highest BCUT2D eigenvalue weighted by Crippen LogP contribution is 1.99. The van der Waals surface area contributed by atoms with Gasteiger partial charge in [-0.2, -0.15) is 0 Å². The third-order valence-corrected chi connectivity index (χ3v) is 1.62. The summed E-state index contributed by atoms with van der Waals surface area (Å²) in [7, 11) is 0. The Bertz CT molecular complexity index is 121. The van der Waals surface area contributed by atoms with E-state index in [-0.39, 0.29) is 6.04 Å². The van der Waals surface area contributed by atoms with Gasteiger partial charge in [-0.25, -0.2) is 0 Å². The molecular formula is C6H11N2O2-. The molecule has 0 aromatic carbocycles. The smallest absolute Gasteiger partial charge is 0.134 e. The number of rotatable bonds is 1. The van der Waals surface area contributed by atoms with Crippen molar-refractivity contribution < 1.29 is 9.90 Å². The van der Waals surface area contributed by atoms with Gasteiger partial charge in [-0.15, -0.1) is 0 Å². The van der Waals surface area contributed by atoms with Crippen LogP contribution in [-0.4, -0.2) is 25.2 Å². The van der Waals surface area contributed by atoms with Crippen LogP contribution in [0.15, 0.2) is 0 Å². The summed E-state index contributed by atoms with van der Waals surface area (Å²) in [4.78, 5) is 10.0. The molecule has 1 atom stereocenters. The molecule has 0 aromatic heterocycles. The lowest BCUT2D eigenvalue weighted by atomic mass is 10.1. The molecule has 10 heavy (non-hydrogen) atoms. The van der Waals surface area contributed by atoms with Crippen molar-refractivity contribution in [3.8, 4) is 0 Å². The topological polar surface area (TPSA) is 64.2 Å². The summed E-state index contributed by atoms with van der Waals surface area (Å²) in [5.74, 6) is 0. The molecule has 4 nitrogen and oxygen atoms in total. The van der Waals surface area contributed by atoms with Crippen molar-refractivity contribution in [1.82, 2.24) is 10.6 Å². The molecule has 1 aliphatic heterocycles. The summed E-state index contributed by atoms with van der Waals surface area (Å²) >= 11 is 0. The van der Waals surface area contributed by atoms with Gasteiger partial charge in [0.05, 0.1) is 0 Å². The van der Waals surface area contributed by atoms with E-state index >= 15 is 0 Å². The predicted molar refractivity (Wildman–Crippen MR) is 34.4 cm³/mol. The van der Waals surface area contributed by atoms with Crippen LogP contribution >= 0.6 is 0 Å². The highest BCUT2D eigenvalue weighted by Gasteiger charge is 2.10. The van der Waals surface area contributed by atoms with E-state index in [4.69, 9.17) is 0 Å². The largest absolute Gasteiger partial charge is 0.530 e. The predicted octanol–water partition coefficient (Wildman–Crippen LogP) is -1.33. The quantitative estimate of drug-likeness (QED) is 0.478. The highest BCUT2D eigenvalue weighted by molar-refractivity contribution is 5.62. The van der Waals surface area contributed by atoms with Crippen LogP contribution in [0.4, 0.5) is 4.79 Å². The second kappa shape index (κ2) is 3.41. The van der Waals surface area contributed by atoms with Gasteiger partial charge in [-0.1, -0.05) is 0 Å². The first-order valence-corrected chi connectivity index (χ1v) is 3.47. The number of hydrogen-bond acceptors (Lipinski definition) is 3. The van der Waals surface area contributed by atoms with E-state index in [1.807, 2.05) is 0 Å². The van der Waals surface area contributed by atoms with Crippen molar-refractivity contribution in [1.29, 1.82) is 0 Å². The van der Waals surface area contributed by atoms with Crippen LogP contribution in [0.25, 0.3) is 0 Å². The minimum absolute atomic E-state index is 0.0544. The molecule has 2 N–H and O–H groups in total. The Morgan fingerprint density at radius 1 is 1.70 bits per heavy atom. The van der Waals surface area contributed by atoms with Crippen LogP contribution < -0.4 is 15.7 Å². The Labute approximate surface area is 59.6 Å². The van der Waals surface area contributed by atoms with Gasteiger partial charge in [0.15, 0.2) is 0 Å². The number of carbonyl (C=O) groups excluding carboxylic acids is 1. The number of piperidine rings is 1. The van der Waals surface area contributed by atoms with Gasteiger partial charge in [0.25, 0.3) is 0 Å². The zero-order valence-electron chi connectivity index (χ0n) is 5.72. The summed E-state index contributed by atoms with van der Waals surface area (Å²) < 4.78 is 0. The first kappa shape index (κ1) is 7.34. The number of amides is 1. The van der Waals surface area contributed by atoms with Crippen LogP contribution in [0.5, 0.6) is 0 Å². The SMILES string of the molecule is O=C([O-])NC1CCCNC1. The molecule has 0 bridgehead atoms. The number of carbonyl (C=O) groups is 1. The third-order valence-electron chi connectivity index (χ3n) is 1.62. The fraction of sp³-hybridized carbons (Fsp3) is 0.833. The Balaban J connectivity index is 2.19. The van der Waals surface area contributed by atoms with Gasteiger partial charge < -0.3 is 20.5 Å². The molecule has 1 fully saturated rings. The third kappa shape index (κ3) is 2.23. The van der Waals surface area contributed by atoms with Crippen molar-refractivity contribution in [2.24, 2.45) is 0 Å². The normalized spacial score (nSPS) is 25.8. The summed E-state index contributed by atoms with van der Waals surface area (Å²) in [6.45, 7) is 1.72. The van der Waals surface area contributed by atoms with Gasteiger partial charge in [0, 0.05) is 12.6 Å². The summed E-state index contributed by atoms with van der Waals surface area (Å²) in [5.41, 5.74) is 0. The molecule has 4 heteroatoms. The van der Waals surface area contributed by atoms with Gasteiger partial charge in [-0.3, -0.25) is 0 Å². The minimum Gasteiger partial charge on any atom is -0.530 e. The Morgan fingerprint density at radius 3 is 3.00 bits per heavy atom. The van der Waals surface area contributed by atoms with E-state index in [1.54, 1.807) is 0 Å². The molecule has 0 spiro atoms. The maximum Gasteiger partial charge on any atom is 0.134 e. The summed E-state index contributed by atoms with van der Waals surface area (Å²) in [5, 5.41) is 15.4. The number of nitrogens with one attached hydrogen (secondary N) is 2. The van der Waals surface area contributed by atoms with Gasteiger partial charge >= 0.3 is 0 Å². The first-order valence-electron chi connectivity index (χ1n) is 3.47. The molecule has 1 heterocycles. The van der Waals surface area contributed by atoms with Crippen LogP contribution in [0.2, 0.25) is 0 Å². The first-order chi connectivity index (χ1) is 4.79. The molecule has 1 saturated heterocycles. The van der Waals surface area contributed by atoms with Gasteiger partial charge in [-0.05, 0) is 19.4 Å². The van der Waals surface area contributed by atoms with E-state index in [2.05, 4.69) is 10.6 Å². The average Bonchev–Trinajstić information content (AvgIpc) is 1.88. The molecule has 0 radical (unpaired) electrons. The van der Waals surface area contributed by atoms with Crippen molar-refractivity contribution in [3.63, 3.8) is 0 Å². The minimum atomic E-state index is -1.17. The van der Waals surface area contributed by atoms with Crippen molar-refractivity contribution in [2.45, 2.75) is 18.9 Å². The van der Waals surface area contributed by atoms with Crippen LogP contribution in [0, 0.1) is 0 Å². The summed E-state index contributed by atoms with van der Waals surface area (Å²) in [6.07, 6.45) is 0.778. The molecule has 0 aliphatic carbocycles. The van der Waals surface area contributed by atoms with Crippen molar-refractivity contribution in [3.05, 3.63) is 0 Å². The molecule has 0 saturated carbocycles. The molecule has 1 unspecified atom stereocenters. The average molecular weight is 143 g/mol. The standard InChI is InChI=1S/C6H12N2O2/c9-6(10)8-5-2-1-3-7-4-5/h5,7-8H,1-4H2,(H,9,10)/p-1. The summed E-state index contributed by atoms with van der Waals surface area (Å²) in [6, 6.07) is 0.0544. The van der Waals surface area contributed by atoms with Crippen molar-refractivity contribution in [2.75, 3.05) is 13.1 Å². The number of carboxylic acid groups (broad SMARTS) is 1. The molecule has 1 rings (SSSR count). The van der Waals surface area contributed by atoms with Crippen LogP contribution in [-0.2, 0) is 0 Å². The molecule has 0 aromatic rings. The highest BCUT2D eigenvalue weighted by atomic mass is 16.4. The van der Waals surface area contributed by atoms with Gasteiger partial charge in [0.2, 0.25) is 0 Å².